The largest absolute Gasteiger partial charge is 0.508 e. The third-order valence-electron chi connectivity index (χ3n) is 6.38. The fourth-order valence-electron chi connectivity index (χ4n) is 4.02. The number of phenols is 3. The van der Waals surface area contributed by atoms with E-state index in [1.807, 2.05) is 77.1 Å². The average molecular weight is 456 g/mol. The van der Waals surface area contributed by atoms with E-state index in [1.165, 1.54) is 0 Å². The quantitative estimate of drug-likeness (QED) is 0.289. The van der Waals surface area contributed by atoms with Crippen LogP contribution in [0, 0.1) is 34.6 Å². The Morgan fingerprint density at radius 3 is 1.65 bits per heavy atom. The van der Waals surface area contributed by atoms with E-state index in [2.05, 4.69) is 4.90 Å². The molecule has 3 N–H and O–H groups in total. The van der Waals surface area contributed by atoms with Gasteiger partial charge in [0.2, 0.25) is 0 Å². The lowest BCUT2D eigenvalue weighted by molar-refractivity contribution is 0.411. The second-order valence-corrected chi connectivity index (χ2v) is 8.58. The van der Waals surface area contributed by atoms with Gasteiger partial charge in [0.15, 0.2) is 17.2 Å². The molecule has 0 atom stereocenters. The number of hydrogen-bond donors (Lipinski definition) is 3. The summed E-state index contributed by atoms with van der Waals surface area (Å²) < 4.78 is 6.22. The maximum atomic E-state index is 10.4. The van der Waals surface area contributed by atoms with Crippen molar-refractivity contribution in [2.24, 2.45) is 0 Å². The van der Waals surface area contributed by atoms with Gasteiger partial charge in [-0.2, -0.15) is 0 Å². The molecule has 0 radical (unpaired) electrons. The summed E-state index contributed by atoms with van der Waals surface area (Å²) in [7, 11) is 0. The monoisotopic (exact) mass is 455 g/mol. The van der Waals surface area contributed by atoms with Crippen molar-refractivity contribution in [1.29, 1.82) is 0 Å². The van der Waals surface area contributed by atoms with Crippen LogP contribution in [0.1, 0.15) is 27.8 Å². The van der Waals surface area contributed by atoms with E-state index in [0.717, 1.165) is 44.9 Å². The van der Waals surface area contributed by atoms with Gasteiger partial charge in [-0.05, 0) is 111 Å². The molecule has 0 bridgehead atoms. The molecule has 0 saturated carbocycles. The van der Waals surface area contributed by atoms with Gasteiger partial charge in [0.25, 0.3) is 0 Å². The zero-order valence-corrected chi connectivity index (χ0v) is 20.0. The molecule has 0 aliphatic rings. The predicted molar refractivity (Wildman–Crippen MR) is 136 cm³/mol. The van der Waals surface area contributed by atoms with E-state index < -0.39 is 0 Å². The summed E-state index contributed by atoms with van der Waals surface area (Å²) >= 11 is 0. The normalized spacial score (nSPS) is 10.9. The fourth-order valence-corrected chi connectivity index (χ4v) is 4.02. The molecule has 174 valence electrons. The molecular formula is C29H29NO4. The summed E-state index contributed by atoms with van der Waals surface area (Å²) in [5, 5.41) is 31.0. The number of anilines is 3. The molecule has 0 aliphatic carbocycles. The minimum Gasteiger partial charge on any atom is -0.508 e. The highest BCUT2D eigenvalue weighted by Gasteiger charge is 2.23. The van der Waals surface area contributed by atoms with Crippen molar-refractivity contribution in [3.05, 3.63) is 94.5 Å². The third-order valence-corrected chi connectivity index (χ3v) is 6.38. The van der Waals surface area contributed by atoms with E-state index in [0.29, 0.717) is 11.5 Å². The van der Waals surface area contributed by atoms with Gasteiger partial charge in [-0.1, -0.05) is 18.2 Å². The smallest absolute Gasteiger partial charge is 0.169 e. The number of hydrogen-bond acceptors (Lipinski definition) is 5. The van der Waals surface area contributed by atoms with Crippen molar-refractivity contribution >= 4 is 17.1 Å². The molecule has 0 aliphatic heterocycles. The van der Waals surface area contributed by atoms with E-state index in [9.17, 15) is 15.3 Å². The van der Waals surface area contributed by atoms with Gasteiger partial charge in [-0.25, -0.2) is 0 Å². The Kier molecular flexibility index (Phi) is 6.12. The first-order valence-electron chi connectivity index (χ1n) is 11.1. The second kappa shape index (κ2) is 9.02. The number of aryl methyl sites for hydroxylation is 1. The standard InChI is InChI=1S/C29H29NO4/c1-17-10-15-29(27(33)16-17)34-28-9-7-6-8-24(28)30(22-11-13-25(31)20(4)18(22)2)23-12-14-26(32)21(5)19(23)3/h6-16,31-33H,1-5H3. The number of aromatic hydroxyl groups is 3. The fraction of sp³-hybridized carbons (Fsp3) is 0.172. The molecule has 5 heteroatoms. The van der Waals surface area contributed by atoms with Crippen LogP contribution in [0.3, 0.4) is 0 Å². The van der Waals surface area contributed by atoms with E-state index >= 15 is 0 Å². The van der Waals surface area contributed by atoms with Crippen LogP contribution in [-0.4, -0.2) is 15.3 Å². The maximum Gasteiger partial charge on any atom is 0.169 e. The highest BCUT2D eigenvalue weighted by atomic mass is 16.5. The van der Waals surface area contributed by atoms with Crippen molar-refractivity contribution in [2.45, 2.75) is 34.6 Å². The number of rotatable bonds is 5. The topological polar surface area (TPSA) is 73.2 Å². The van der Waals surface area contributed by atoms with Crippen LogP contribution in [0.25, 0.3) is 0 Å². The molecule has 4 rings (SSSR count). The lowest BCUT2D eigenvalue weighted by Gasteiger charge is -2.31. The van der Waals surface area contributed by atoms with E-state index in [1.54, 1.807) is 24.3 Å². The first kappa shape index (κ1) is 23.1. The summed E-state index contributed by atoms with van der Waals surface area (Å²) in [6, 6.07) is 20.0. The Hall–Kier alpha value is -4.12. The average Bonchev–Trinajstić information content (AvgIpc) is 2.81. The van der Waals surface area contributed by atoms with E-state index in [-0.39, 0.29) is 17.2 Å². The molecule has 4 aromatic rings. The van der Waals surface area contributed by atoms with Crippen LogP contribution in [0.4, 0.5) is 17.1 Å². The Morgan fingerprint density at radius 2 is 1.09 bits per heavy atom. The van der Waals surface area contributed by atoms with Crippen LogP contribution in [-0.2, 0) is 0 Å². The van der Waals surface area contributed by atoms with Crippen molar-refractivity contribution in [3.8, 4) is 28.7 Å². The lowest BCUT2D eigenvalue weighted by Crippen LogP contribution is -2.14. The van der Waals surface area contributed by atoms with Crippen molar-refractivity contribution in [1.82, 2.24) is 0 Å². The van der Waals surface area contributed by atoms with Crippen molar-refractivity contribution in [3.63, 3.8) is 0 Å². The molecule has 4 aromatic carbocycles. The minimum atomic E-state index is 0.0645. The van der Waals surface area contributed by atoms with Gasteiger partial charge >= 0.3 is 0 Å². The number of ether oxygens (including phenoxy) is 1. The van der Waals surface area contributed by atoms with Crippen LogP contribution < -0.4 is 9.64 Å². The SMILES string of the molecule is Cc1ccc(Oc2ccccc2N(c2ccc(O)c(C)c2C)c2ccc(O)c(C)c2C)c(O)c1. The van der Waals surface area contributed by atoms with Gasteiger partial charge in [-0.3, -0.25) is 0 Å². The molecule has 0 unspecified atom stereocenters. The van der Waals surface area contributed by atoms with Gasteiger partial charge in [0.05, 0.1) is 5.69 Å². The highest BCUT2D eigenvalue weighted by molar-refractivity contribution is 5.85. The number of para-hydroxylation sites is 2. The molecule has 0 amide bonds. The minimum absolute atomic E-state index is 0.0645. The number of benzene rings is 4. The van der Waals surface area contributed by atoms with Gasteiger partial charge in [0.1, 0.15) is 11.5 Å². The van der Waals surface area contributed by atoms with E-state index in [4.69, 9.17) is 4.74 Å². The third kappa shape index (κ3) is 4.13. The first-order valence-corrected chi connectivity index (χ1v) is 11.1. The predicted octanol–water partition coefficient (Wildman–Crippen LogP) is 7.61. The lowest BCUT2D eigenvalue weighted by atomic mass is 10.0. The van der Waals surface area contributed by atoms with Crippen LogP contribution in [0.15, 0.2) is 66.7 Å². The van der Waals surface area contributed by atoms with Crippen molar-refractivity contribution < 1.29 is 20.1 Å². The zero-order valence-electron chi connectivity index (χ0n) is 20.0. The molecule has 0 aromatic heterocycles. The molecule has 0 spiro atoms. The van der Waals surface area contributed by atoms with Gasteiger partial charge < -0.3 is 25.0 Å². The molecule has 0 heterocycles. The molecule has 0 saturated heterocycles. The molecule has 34 heavy (non-hydrogen) atoms. The molecular weight excluding hydrogens is 426 g/mol. The summed E-state index contributed by atoms with van der Waals surface area (Å²) in [6.07, 6.45) is 0. The Bertz CT molecular complexity index is 1320. The summed E-state index contributed by atoms with van der Waals surface area (Å²) in [5.41, 5.74) is 6.82. The molecule has 5 nitrogen and oxygen atoms in total. The van der Waals surface area contributed by atoms with Gasteiger partial charge in [-0.15, -0.1) is 0 Å². The Balaban J connectivity index is 1.96. The maximum absolute atomic E-state index is 10.4. The number of phenolic OH excluding ortho intramolecular Hbond substituents is 3. The first-order chi connectivity index (χ1) is 16.2. The van der Waals surface area contributed by atoms with Gasteiger partial charge in [0, 0.05) is 11.4 Å². The summed E-state index contributed by atoms with van der Waals surface area (Å²) in [6.45, 7) is 9.61. The zero-order chi connectivity index (χ0) is 24.6. The highest BCUT2D eigenvalue weighted by Crippen LogP contribution is 2.47. The number of nitrogens with zero attached hydrogens (tertiary/aromatic N) is 1. The second-order valence-electron chi connectivity index (χ2n) is 8.58. The Labute approximate surface area is 200 Å². The Morgan fingerprint density at radius 1 is 0.529 bits per heavy atom. The molecule has 0 fully saturated rings. The van der Waals surface area contributed by atoms with Crippen LogP contribution in [0.2, 0.25) is 0 Å². The van der Waals surface area contributed by atoms with Crippen LogP contribution in [0.5, 0.6) is 28.7 Å². The summed E-state index contributed by atoms with van der Waals surface area (Å²) in [4.78, 5) is 2.06. The van der Waals surface area contributed by atoms with Crippen LogP contribution >= 0.6 is 0 Å². The summed E-state index contributed by atoms with van der Waals surface area (Å²) in [5.74, 6) is 1.43. The van der Waals surface area contributed by atoms with Crippen molar-refractivity contribution in [2.75, 3.05) is 4.90 Å².